The lowest BCUT2D eigenvalue weighted by Gasteiger charge is -2.12. The summed E-state index contributed by atoms with van der Waals surface area (Å²) in [5.74, 6) is 3.55. The molecule has 0 atom stereocenters. The third-order valence-corrected chi connectivity index (χ3v) is 5.46. The Kier molecular flexibility index (Phi) is 4.86. The van der Waals surface area contributed by atoms with Crippen LogP contribution in [0.25, 0.3) is 16.8 Å². The Hall–Kier alpha value is -3.74. The Morgan fingerprint density at radius 3 is 2.77 bits per heavy atom. The fourth-order valence-corrected chi connectivity index (χ4v) is 3.70. The van der Waals surface area contributed by atoms with Crippen molar-refractivity contribution in [3.63, 3.8) is 0 Å². The van der Waals surface area contributed by atoms with Crippen molar-refractivity contribution in [1.29, 1.82) is 0 Å². The maximum atomic E-state index is 5.62. The molecule has 0 unspecified atom stereocenters. The zero-order valence-electron chi connectivity index (χ0n) is 17.8. The van der Waals surface area contributed by atoms with Crippen LogP contribution < -0.4 is 19.5 Å². The number of fused-ring (bicyclic) bond motifs is 2. The summed E-state index contributed by atoms with van der Waals surface area (Å²) in [6.07, 6.45) is 3.75. The van der Waals surface area contributed by atoms with Gasteiger partial charge >= 0.3 is 0 Å². The zero-order valence-corrected chi connectivity index (χ0v) is 17.8. The quantitative estimate of drug-likeness (QED) is 0.484. The minimum atomic E-state index is 0.274. The van der Waals surface area contributed by atoms with Gasteiger partial charge in [-0.1, -0.05) is 26.0 Å². The summed E-state index contributed by atoms with van der Waals surface area (Å²) in [4.78, 5) is 4.83. The van der Waals surface area contributed by atoms with E-state index in [0.717, 1.165) is 45.4 Å². The van der Waals surface area contributed by atoms with Gasteiger partial charge in [0.25, 0.3) is 0 Å². The lowest BCUT2D eigenvalue weighted by Crippen LogP contribution is -2.03. The summed E-state index contributed by atoms with van der Waals surface area (Å²) in [5.41, 5.74) is 5.03. The van der Waals surface area contributed by atoms with Gasteiger partial charge in [0.1, 0.15) is 11.6 Å². The van der Waals surface area contributed by atoms with Gasteiger partial charge in [-0.15, -0.1) is 0 Å². The van der Waals surface area contributed by atoms with Crippen LogP contribution in [0.1, 0.15) is 30.9 Å². The van der Waals surface area contributed by atoms with E-state index in [4.69, 9.17) is 19.2 Å². The van der Waals surface area contributed by atoms with Gasteiger partial charge < -0.3 is 19.5 Å². The molecule has 0 amide bonds. The molecule has 4 aromatic rings. The van der Waals surface area contributed by atoms with Gasteiger partial charge in [-0.05, 0) is 47.4 Å². The second-order valence-corrected chi connectivity index (χ2v) is 7.79. The molecule has 0 bridgehead atoms. The lowest BCUT2D eigenvalue weighted by molar-refractivity contribution is 0.174. The van der Waals surface area contributed by atoms with Crippen LogP contribution in [-0.4, -0.2) is 28.5 Å². The van der Waals surface area contributed by atoms with Crippen molar-refractivity contribution in [3.8, 4) is 28.4 Å². The number of rotatable bonds is 6. The van der Waals surface area contributed by atoms with Crippen LogP contribution in [0.3, 0.4) is 0 Å². The molecule has 2 aromatic heterocycles. The number of hydrogen-bond acceptors (Lipinski definition) is 6. The highest BCUT2D eigenvalue weighted by molar-refractivity contribution is 5.82. The Balaban J connectivity index is 1.46. The number of hydrogen-bond donors (Lipinski definition) is 1. The van der Waals surface area contributed by atoms with Crippen LogP contribution in [0.4, 0.5) is 5.82 Å². The minimum absolute atomic E-state index is 0.274. The number of nitrogens with one attached hydrogen (secondary N) is 1. The first-order chi connectivity index (χ1) is 15.1. The normalized spacial score (nSPS) is 12.5. The number of ether oxygens (including phenoxy) is 3. The highest BCUT2D eigenvalue weighted by Crippen LogP contribution is 2.35. The van der Waals surface area contributed by atoms with Crippen molar-refractivity contribution < 1.29 is 14.2 Å². The largest absolute Gasteiger partial charge is 0.496 e. The molecule has 0 aliphatic carbocycles. The SMILES string of the molecule is COc1ccc(C(C)C)cc1-c1cnn2ccc(NCc3ccc4c(c3)OCO4)nc12. The predicted octanol–water partition coefficient (Wildman–Crippen LogP) is 4.87. The second-order valence-electron chi connectivity index (χ2n) is 7.79. The predicted molar refractivity (Wildman–Crippen MR) is 119 cm³/mol. The van der Waals surface area contributed by atoms with Crippen LogP contribution in [0.2, 0.25) is 0 Å². The fraction of sp³-hybridized carbons (Fsp3) is 0.250. The molecule has 0 fully saturated rings. The molecular weight excluding hydrogens is 392 g/mol. The first kappa shape index (κ1) is 19.2. The van der Waals surface area contributed by atoms with Crippen LogP contribution in [-0.2, 0) is 6.54 Å². The van der Waals surface area contributed by atoms with Gasteiger partial charge in [-0.3, -0.25) is 0 Å². The van der Waals surface area contributed by atoms with Crippen LogP contribution in [0, 0.1) is 0 Å². The monoisotopic (exact) mass is 416 g/mol. The summed E-state index contributed by atoms with van der Waals surface area (Å²) >= 11 is 0. The van der Waals surface area contributed by atoms with Crippen molar-refractivity contribution >= 4 is 11.5 Å². The molecule has 0 saturated heterocycles. The molecule has 5 rings (SSSR count). The van der Waals surface area contributed by atoms with Crippen molar-refractivity contribution in [2.24, 2.45) is 0 Å². The van der Waals surface area contributed by atoms with E-state index in [-0.39, 0.29) is 6.79 Å². The van der Waals surface area contributed by atoms with E-state index in [0.29, 0.717) is 12.5 Å². The summed E-state index contributed by atoms with van der Waals surface area (Å²) in [6, 6.07) is 14.1. The third-order valence-electron chi connectivity index (χ3n) is 5.46. The van der Waals surface area contributed by atoms with Crippen molar-refractivity contribution in [1.82, 2.24) is 14.6 Å². The lowest BCUT2D eigenvalue weighted by atomic mass is 9.97. The molecule has 1 aliphatic rings. The van der Waals surface area contributed by atoms with E-state index in [1.54, 1.807) is 11.6 Å². The van der Waals surface area contributed by atoms with Gasteiger partial charge in [0.05, 0.1) is 18.9 Å². The maximum absolute atomic E-state index is 5.62. The molecule has 0 radical (unpaired) electrons. The molecule has 7 heteroatoms. The molecular formula is C24H24N4O3. The summed E-state index contributed by atoms with van der Waals surface area (Å²) in [7, 11) is 1.69. The van der Waals surface area contributed by atoms with Crippen LogP contribution >= 0.6 is 0 Å². The molecule has 7 nitrogen and oxygen atoms in total. The topological polar surface area (TPSA) is 69.9 Å². The summed E-state index contributed by atoms with van der Waals surface area (Å²) < 4.78 is 18.2. The molecule has 31 heavy (non-hydrogen) atoms. The summed E-state index contributed by atoms with van der Waals surface area (Å²) in [6.45, 7) is 5.25. The first-order valence-corrected chi connectivity index (χ1v) is 10.3. The van der Waals surface area contributed by atoms with Gasteiger partial charge in [0.2, 0.25) is 6.79 Å². The van der Waals surface area contributed by atoms with E-state index in [1.165, 1.54) is 5.56 Å². The highest BCUT2D eigenvalue weighted by atomic mass is 16.7. The van der Waals surface area contributed by atoms with Crippen LogP contribution in [0.5, 0.6) is 17.2 Å². The molecule has 1 aliphatic heterocycles. The Bertz CT molecular complexity index is 1250. The third kappa shape index (κ3) is 3.63. The number of benzene rings is 2. The van der Waals surface area contributed by atoms with E-state index in [1.807, 2.05) is 42.7 Å². The van der Waals surface area contributed by atoms with Crippen molar-refractivity contribution in [2.75, 3.05) is 19.2 Å². The molecule has 3 heterocycles. The number of methoxy groups -OCH3 is 1. The van der Waals surface area contributed by atoms with Gasteiger partial charge in [-0.2, -0.15) is 5.10 Å². The maximum Gasteiger partial charge on any atom is 0.231 e. The molecule has 1 N–H and O–H groups in total. The minimum Gasteiger partial charge on any atom is -0.496 e. The van der Waals surface area contributed by atoms with E-state index < -0.39 is 0 Å². The second kappa shape index (κ2) is 7.83. The smallest absolute Gasteiger partial charge is 0.231 e. The average Bonchev–Trinajstić information content (AvgIpc) is 3.43. The van der Waals surface area contributed by atoms with Gasteiger partial charge in [-0.25, -0.2) is 9.50 Å². The van der Waals surface area contributed by atoms with Gasteiger partial charge in [0.15, 0.2) is 17.1 Å². The average molecular weight is 416 g/mol. The van der Waals surface area contributed by atoms with Crippen molar-refractivity contribution in [2.45, 2.75) is 26.3 Å². The standard InChI is InChI=1S/C24H24N4O3/c1-15(2)17-5-7-20(29-3)18(11-17)19-13-26-28-9-8-23(27-24(19)28)25-12-16-4-6-21-22(10-16)31-14-30-21/h4-11,13,15H,12,14H2,1-3H3,(H,25,27). The molecule has 0 saturated carbocycles. The number of nitrogens with zero attached hydrogens (tertiary/aromatic N) is 3. The van der Waals surface area contributed by atoms with Crippen LogP contribution in [0.15, 0.2) is 54.9 Å². The highest BCUT2D eigenvalue weighted by Gasteiger charge is 2.16. The molecule has 2 aromatic carbocycles. The van der Waals surface area contributed by atoms with E-state index in [9.17, 15) is 0 Å². The zero-order chi connectivity index (χ0) is 21.4. The van der Waals surface area contributed by atoms with E-state index >= 15 is 0 Å². The Labute approximate surface area is 180 Å². The Morgan fingerprint density at radius 2 is 1.94 bits per heavy atom. The van der Waals surface area contributed by atoms with Crippen molar-refractivity contribution in [3.05, 3.63) is 66.0 Å². The fourth-order valence-electron chi connectivity index (χ4n) is 3.70. The molecule has 158 valence electrons. The summed E-state index contributed by atoms with van der Waals surface area (Å²) in [5, 5.41) is 7.88. The Morgan fingerprint density at radius 1 is 1.06 bits per heavy atom. The number of anilines is 1. The number of aromatic nitrogens is 3. The van der Waals surface area contributed by atoms with E-state index in [2.05, 4.69) is 36.4 Å². The first-order valence-electron chi connectivity index (χ1n) is 10.3. The molecule has 0 spiro atoms. The van der Waals surface area contributed by atoms with Gasteiger partial charge in [0, 0.05) is 18.3 Å².